The van der Waals surface area contributed by atoms with Gasteiger partial charge in [-0.2, -0.15) is 4.68 Å². The molecule has 0 aliphatic carbocycles. The Kier molecular flexibility index (Phi) is 4.00. The van der Waals surface area contributed by atoms with Crippen LogP contribution in [0.25, 0.3) is 5.69 Å². The average Bonchev–Trinajstić information content (AvgIpc) is 2.97. The quantitative estimate of drug-likeness (QED) is 0.836. The van der Waals surface area contributed by atoms with Crippen molar-refractivity contribution in [3.63, 3.8) is 0 Å². The maximum atomic E-state index is 9.40. The molecule has 0 radical (unpaired) electrons. The molecule has 1 unspecified atom stereocenters. The Hall–Kier alpha value is -1.83. The van der Waals surface area contributed by atoms with Crippen molar-refractivity contribution in [1.29, 1.82) is 0 Å². The average molecular weight is 275 g/mol. The van der Waals surface area contributed by atoms with E-state index in [9.17, 15) is 5.11 Å². The molecule has 7 heteroatoms. The number of aliphatic hydroxyl groups is 1. The van der Waals surface area contributed by atoms with Crippen molar-refractivity contribution in [2.45, 2.75) is 12.6 Å². The number of rotatable bonds is 4. The van der Waals surface area contributed by atoms with Gasteiger partial charge in [-0.05, 0) is 22.6 Å². The van der Waals surface area contributed by atoms with Gasteiger partial charge >= 0.3 is 0 Å². The molecule has 20 heavy (non-hydrogen) atoms. The highest BCUT2D eigenvalue weighted by Crippen LogP contribution is 2.13. The number of ether oxygens (including phenoxy) is 1. The topological polar surface area (TPSA) is 76.3 Å². The molecule has 7 nitrogen and oxygen atoms in total. The number of para-hydroxylation sites is 1. The summed E-state index contributed by atoms with van der Waals surface area (Å²) in [6.07, 6.45) is 0. The number of morpholine rings is 1. The van der Waals surface area contributed by atoms with Gasteiger partial charge < -0.3 is 9.84 Å². The number of benzene rings is 1. The van der Waals surface area contributed by atoms with Crippen LogP contribution in [0.2, 0.25) is 0 Å². The fraction of sp³-hybridized carbons (Fsp3) is 0.462. The Labute approximate surface area is 116 Å². The molecule has 3 rings (SSSR count). The summed E-state index contributed by atoms with van der Waals surface area (Å²) in [6, 6.07) is 9.78. The van der Waals surface area contributed by atoms with E-state index in [2.05, 4.69) is 20.4 Å². The van der Waals surface area contributed by atoms with Gasteiger partial charge in [-0.3, -0.25) is 4.90 Å². The Balaban J connectivity index is 1.80. The minimum Gasteiger partial charge on any atom is -0.395 e. The van der Waals surface area contributed by atoms with Gasteiger partial charge in [0, 0.05) is 6.54 Å². The van der Waals surface area contributed by atoms with Crippen LogP contribution in [0.4, 0.5) is 0 Å². The Morgan fingerprint density at radius 1 is 1.30 bits per heavy atom. The molecule has 1 aromatic carbocycles. The van der Waals surface area contributed by atoms with Crippen molar-refractivity contribution in [2.24, 2.45) is 0 Å². The highest BCUT2D eigenvalue weighted by Gasteiger charge is 2.24. The zero-order valence-corrected chi connectivity index (χ0v) is 11.1. The smallest absolute Gasteiger partial charge is 0.170 e. The van der Waals surface area contributed by atoms with Gasteiger partial charge in [-0.1, -0.05) is 18.2 Å². The van der Waals surface area contributed by atoms with Crippen LogP contribution in [-0.2, 0) is 11.3 Å². The number of nitrogens with zero attached hydrogens (tertiary/aromatic N) is 5. The van der Waals surface area contributed by atoms with Gasteiger partial charge in [-0.25, -0.2) is 0 Å². The maximum absolute atomic E-state index is 9.40. The maximum Gasteiger partial charge on any atom is 0.170 e. The minimum absolute atomic E-state index is 0.00433. The molecule has 0 amide bonds. The van der Waals surface area contributed by atoms with E-state index in [1.54, 1.807) is 4.68 Å². The Bertz CT molecular complexity index is 545. The summed E-state index contributed by atoms with van der Waals surface area (Å²) in [4.78, 5) is 2.15. The predicted octanol–water partition coefficient (Wildman–Crippen LogP) is -0.145. The van der Waals surface area contributed by atoms with E-state index in [1.807, 2.05) is 30.3 Å². The third-order valence-electron chi connectivity index (χ3n) is 3.44. The largest absolute Gasteiger partial charge is 0.395 e. The molecule has 1 N–H and O–H groups in total. The molecule has 0 spiro atoms. The van der Waals surface area contributed by atoms with Crippen LogP contribution in [0.5, 0.6) is 0 Å². The highest BCUT2D eigenvalue weighted by molar-refractivity contribution is 5.30. The zero-order valence-electron chi connectivity index (χ0n) is 11.1. The second-order valence-corrected chi connectivity index (χ2v) is 4.72. The van der Waals surface area contributed by atoms with Crippen LogP contribution in [0.15, 0.2) is 30.3 Å². The second kappa shape index (κ2) is 6.08. The third kappa shape index (κ3) is 2.69. The van der Waals surface area contributed by atoms with Crippen LogP contribution in [0.1, 0.15) is 5.82 Å². The van der Waals surface area contributed by atoms with Crippen molar-refractivity contribution in [3.05, 3.63) is 36.2 Å². The number of aromatic nitrogens is 4. The normalized spacial score (nSPS) is 20.1. The molecule has 1 fully saturated rings. The van der Waals surface area contributed by atoms with Gasteiger partial charge in [-0.15, -0.1) is 5.10 Å². The molecule has 1 aliphatic heterocycles. The molecule has 1 aliphatic rings. The molecule has 2 heterocycles. The molecule has 1 saturated heterocycles. The minimum atomic E-state index is 0.00433. The first-order chi connectivity index (χ1) is 9.88. The summed E-state index contributed by atoms with van der Waals surface area (Å²) in [5.74, 6) is 0.761. The first kappa shape index (κ1) is 13.2. The van der Waals surface area contributed by atoms with E-state index in [-0.39, 0.29) is 12.6 Å². The van der Waals surface area contributed by atoms with Gasteiger partial charge in [0.2, 0.25) is 0 Å². The van der Waals surface area contributed by atoms with Gasteiger partial charge in [0.05, 0.1) is 38.1 Å². The van der Waals surface area contributed by atoms with E-state index in [0.29, 0.717) is 19.8 Å². The van der Waals surface area contributed by atoms with Crippen molar-refractivity contribution < 1.29 is 9.84 Å². The van der Waals surface area contributed by atoms with Crippen LogP contribution < -0.4 is 0 Å². The Morgan fingerprint density at radius 3 is 2.95 bits per heavy atom. The summed E-state index contributed by atoms with van der Waals surface area (Å²) >= 11 is 0. The first-order valence-corrected chi connectivity index (χ1v) is 6.64. The van der Waals surface area contributed by atoms with E-state index in [4.69, 9.17) is 4.74 Å². The zero-order chi connectivity index (χ0) is 13.8. The lowest BCUT2D eigenvalue weighted by molar-refractivity contribution is -0.0325. The monoisotopic (exact) mass is 275 g/mol. The standard InChI is InChI=1S/C13H17N5O2/c19-9-12-10-20-7-6-17(12)8-13-14-15-16-18(13)11-4-2-1-3-5-11/h1-5,12,19H,6-10H2. The van der Waals surface area contributed by atoms with Crippen molar-refractivity contribution in [1.82, 2.24) is 25.1 Å². The van der Waals surface area contributed by atoms with Crippen LogP contribution in [-0.4, -0.2) is 62.6 Å². The van der Waals surface area contributed by atoms with E-state index < -0.39 is 0 Å². The number of hydrogen-bond donors (Lipinski definition) is 1. The van der Waals surface area contributed by atoms with Gasteiger partial charge in [0.25, 0.3) is 0 Å². The molecule has 0 saturated carbocycles. The lowest BCUT2D eigenvalue weighted by Crippen LogP contribution is -2.47. The lowest BCUT2D eigenvalue weighted by Gasteiger charge is -2.33. The summed E-state index contributed by atoms with van der Waals surface area (Å²) in [7, 11) is 0. The van der Waals surface area contributed by atoms with Crippen LogP contribution in [0, 0.1) is 0 Å². The summed E-state index contributed by atoms with van der Waals surface area (Å²) < 4.78 is 7.10. The highest BCUT2D eigenvalue weighted by atomic mass is 16.5. The van der Waals surface area contributed by atoms with Crippen LogP contribution in [0.3, 0.4) is 0 Å². The molecule has 2 aromatic rings. The van der Waals surface area contributed by atoms with Gasteiger partial charge in [0.1, 0.15) is 0 Å². The Morgan fingerprint density at radius 2 is 2.15 bits per heavy atom. The van der Waals surface area contributed by atoms with Crippen molar-refractivity contribution >= 4 is 0 Å². The first-order valence-electron chi connectivity index (χ1n) is 6.64. The number of hydrogen-bond acceptors (Lipinski definition) is 6. The van der Waals surface area contributed by atoms with Gasteiger partial charge in [0.15, 0.2) is 5.82 Å². The van der Waals surface area contributed by atoms with E-state index in [0.717, 1.165) is 18.1 Å². The molecule has 0 bridgehead atoms. The SMILES string of the molecule is OCC1COCCN1Cc1nnnn1-c1ccccc1. The fourth-order valence-electron chi connectivity index (χ4n) is 2.32. The molecule has 1 aromatic heterocycles. The predicted molar refractivity (Wildman–Crippen MR) is 71.3 cm³/mol. The molecular weight excluding hydrogens is 258 g/mol. The molecule has 1 atom stereocenters. The summed E-state index contributed by atoms with van der Waals surface area (Å²) in [5, 5.41) is 21.3. The number of aliphatic hydroxyl groups excluding tert-OH is 1. The second-order valence-electron chi connectivity index (χ2n) is 4.72. The number of tetrazole rings is 1. The third-order valence-corrected chi connectivity index (χ3v) is 3.44. The summed E-state index contributed by atoms with van der Waals surface area (Å²) in [5.41, 5.74) is 0.932. The van der Waals surface area contributed by atoms with Crippen molar-refractivity contribution in [3.8, 4) is 5.69 Å². The van der Waals surface area contributed by atoms with Crippen LogP contribution >= 0.6 is 0 Å². The van der Waals surface area contributed by atoms with Crippen molar-refractivity contribution in [2.75, 3.05) is 26.4 Å². The van der Waals surface area contributed by atoms with E-state index >= 15 is 0 Å². The van der Waals surface area contributed by atoms with E-state index in [1.165, 1.54) is 0 Å². The molecule has 106 valence electrons. The summed E-state index contributed by atoms with van der Waals surface area (Å²) in [6.45, 7) is 2.66. The molecular formula is C13H17N5O2. The fourth-order valence-corrected chi connectivity index (χ4v) is 2.32. The lowest BCUT2D eigenvalue weighted by atomic mass is 10.2.